The van der Waals surface area contributed by atoms with Crippen molar-refractivity contribution >= 4 is 11.6 Å². The second-order valence-corrected chi connectivity index (χ2v) is 5.25. The van der Waals surface area contributed by atoms with Crippen LogP contribution in [0.3, 0.4) is 0 Å². The summed E-state index contributed by atoms with van der Waals surface area (Å²) in [4.78, 5) is 12.3. The Morgan fingerprint density at radius 2 is 1.59 bits per heavy atom. The van der Waals surface area contributed by atoms with Gasteiger partial charge >= 0.3 is 6.61 Å². The molecule has 2 N–H and O–H groups in total. The number of methoxy groups -OCH3 is 2. The van der Waals surface area contributed by atoms with Crippen LogP contribution in [-0.2, 0) is 0 Å². The molecule has 0 bridgehead atoms. The molecule has 0 aromatic heterocycles. The van der Waals surface area contributed by atoms with E-state index in [0.717, 1.165) is 0 Å². The smallest absolute Gasteiger partial charge is 0.387 e. The van der Waals surface area contributed by atoms with E-state index >= 15 is 0 Å². The number of carbonyl (C=O) groups excluding carboxylic acids is 1. The van der Waals surface area contributed by atoms with E-state index in [4.69, 9.17) is 9.47 Å². The Morgan fingerprint density at radius 1 is 0.963 bits per heavy atom. The standard InChI is InChI=1S/C19H20F2N2O4/c1-4-15(12-5-8-14(9-6-12)27-19(20)21)22-23-18(24)13-7-10-16(25-2)17(11-13)26-3/h4-11,19,22H,1-3H3,(H,23,24)/b15-4+. The van der Waals surface area contributed by atoms with Gasteiger partial charge in [0.1, 0.15) is 5.75 Å². The van der Waals surface area contributed by atoms with Gasteiger partial charge in [-0.3, -0.25) is 15.6 Å². The number of rotatable bonds is 8. The molecule has 0 aliphatic rings. The molecule has 1 amide bonds. The van der Waals surface area contributed by atoms with Crippen molar-refractivity contribution in [3.8, 4) is 17.2 Å². The number of ether oxygens (including phenoxy) is 3. The zero-order chi connectivity index (χ0) is 19.8. The molecule has 0 atom stereocenters. The van der Waals surface area contributed by atoms with E-state index in [1.165, 1.54) is 26.4 Å². The van der Waals surface area contributed by atoms with Crippen molar-refractivity contribution in [2.24, 2.45) is 0 Å². The second-order valence-electron chi connectivity index (χ2n) is 5.25. The number of nitrogens with one attached hydrogen (secondary N) is 2. The van der Waals surface area contributed by atoms with Crippen LogP contribution in [-0.4, -0.2) is 26.7 Å². The van der Waals surface area contributed by atoms with Crippen LogP contribution >= 0.6 is 0 Å². The minimum atomic E-state index is -2.88. The Morgan fingerprint density at radius 3 is 2.15 bits per heavy atom. The lowest BCUT2D eigenvalue weighted by Gasteiger charge is -2.14. The van der Waals surface area contributed by atoms with Crippen LogP contribution in [0.15, 0.2) is 48.5 Å². The predicted molar refractivity (Wildman–Crippen MR) is 96.9 cm³/mol. The lowest BCUT2D eigenvalue weighted by molar-refractivity contribution is -0.0498. The Labute approximate surface area is 155 Å². The quantitative estimate of drug-likeness (QED) is 0.687. The lowest BCUT2D eigenvalue weighted by Crippen LogP contribution is -2.36. The molecule has 0 saturated heterocycles. The molecule has 27 heavy (non-hydrogen) atoms. The van der Waals surface area contributed by atoms with Crippen molar-refractivity contribution in [2.75, 3.05) is 14.2 Å². The zero-order valence-corrected chi connectivity index (χ0v) is 15.1. The van der Waals surface area contributed by atoms with Crippen molar-refractivity contribution in [1.82, 2.24) is 10.9 Å². The fourth-order valence-electron chi connectivity index (χ4n) is 2.30. The topological polar surface area (TPSA) is 68.8 Å². The maximum Gasteiger partial charge on any atom is 0.387 e. The molecule has 8 heteroatoms. The van der Waals surface area contributed by atoms with Crippen LogP contribution in [0.1, 0.15) is 22.8 Å². The van der Waals surface area contributed by atoms with Gasteiger partial charge in [-0.05, 0) is 55.0 Å². The number of hydrazine groups is 1. The average molecular weight is 378 g/mol. The summed E-state index contributed by atoms with van der Waals surface area (Å²) >= 11 is 0. The highest BCUT2D eigenvalue weighted by Gasteiger charge is 2.11. The maximum atomic E-state index is 12.3. The van der Waals surface area contributed by atoms with Gasteiger partial charge in [0.15, 0.2) is 11.5 Å². The van der Waals surface area contributed by atoms with Crippen LogP contribution in [0.25, 0.3) is 5.70 Å². The molecule has 0 spiro atoms. The normalized spacial score (nSPS) is 11.1. The highest BCUT2D eigenvalue weighted by atomic mass is 19.3. The van der Waals surface area contributed by atoms with Crippen molar-refractivity contribution < 1.29 is 27.8 Å². The molecule has 0 heterocycles. The van der Waals surface area contributed by atoms with E-state index in [1.807, 2.05) is 0 Å². The fourth-order valence-corrected chi connectivity index (χ4v) is 2.30. The van der Waals surface area contributed by atoms with Gasteiger partial charge in [0.05, 0.1) is 19.9 Å². The molecule has 144 valence electrons. The first kappa shape index (κ1) is 20.0. The third kappa shape index (κ3) is 5.34. The van der Waals surface area contributed by atoms with Crippen LogP contribution in [0.2, 0.25) is 0 Å². The van der Waals surface area contributed by atoms with Gasteiger partial charge in [0.2, 0.25) is 0 Å². The molecule has 0 radical (unpaired) electrons. The van der Waals surface area contributed by atoms with E-state index in [9.17, 15) is 13.6 Å². The molecule has 0 aliphatic carbocycles. The second kappa shape index (κ2) is 9.42. The molecule has 2 rings (SSSR count). The Kier molecular flexibility index (Phi) is 6.99. The molecule has 0 unspecified atom stereocenters. The third-order valence-electron chi connectivity index (χ3n) is 3.64. The minimum Gasteiger partial charge on any atom is -0.493 e. The van der Waals surface area contributed by atoms with E-state index in [1.54, 1.807) is 43.3 Å². The average Bonchev–Trinajstić information content (AvgIpc) is 2.68. The van der Waals surface area contributed by atoms with E-state index in [-0.39, 0.29) is 11.7 Å². The van der Waals surface area contributed by atoms with Crippen LogP contribution < -0.4 is 25.1 Å². The van der Waals surface area contributed by atoms with Crippen molar-refractivity contribution in [1.29, 1.82) is 0 Å². The van der Waals surface area contributed by atoms with Crippen LogP contribution in [0.5, 0.6) is 17.2 Å². The van der Waals surface area contributed by atoms with Gasteiger partial charge in [-0.1, -0.05) is 6.08 Å². The molecule has 0 fully saturated rings. The number of halogens is 2. The molecule has 2 aromatic carbocycles. The van der Waals surface area contributed by atoms with Gasteiger partial charge in [-0.15, -0.1) is 0 Å². The summed E-state index contributed by atoms with van der Waals surface area (Å²) in [6.07, 6.45) is 1.73. The van der Waals surface area contributed by atoms with Gasteiger partial charge in [-0.25, -0.2) is 0 Å². The number of hydrogen-bond donors (Lipinski definition) is 2. The molecule has 0 aliphatic heterocycles. The largest absolute Gasteiger partial charge is 0.493 e. The van der Waals surface area contributed by atoms with Crippen molar-refractivity contribution in [3.63, 3.8) is 0 Å². The summed E-state index contributed by atoms with van der Waals surface area (Å²) in [5, 5.41) is 0. The fraction of sp³-hybridized carbons (Fsp3) is 0.211. The van der Waals surface area contributed by atoms with Gasteiger partial charge in [0.25, 0.3) is 5.91 Å². The minimum absolute atomic E-state index is 0.0542. The summed E-state index contributed by atoms with van der Waals surface area (Å²) in [6, 6.07) is 10.8. The van der Waals surface area contributed by atoms with E-state index in [0.29, 0.717) is 28.3 Å². The van der Waals surface area contributed by atoms with Gasteiger partial charge < -0.3 is 14.2 Å². The van der Waals surface area contributed by atoms with Crippen LogP contribution in [0, 0.1) is 0 Å². The first-order valence-electron chi connectivity index (χ1n) is 7.98. The number of allylic oxidation sites excluding steroid dienone is 1. The summed E-state index contributed by atoms with van der Waals surface area (Å²) in [5.41, 5.74) is 7.04. The molecule has 6 nitrogen and oxygen atoms in total. The summed E-state index contributed by atoms with van der Waals surface area (Å²) in [5.74, 6) is 0.625. The highest BCUT2D eigenvalue weighted by molar-refractivity contribution is 5.95. The molecule has 0 saturated carbocycles. The number of hydrogen-bond acceptors (Lipinski definition) is 5. The van der Waals surface area contributed by atoms with Crippen LogP contribution in [0.4, 0.5) is 8.78 Å². The monoisotopic (exact) mass is 378 g/mol. The van der Waals surface area contributed by atoms with E-state index < -0.39 is 6.61 Å². The molecular formula is C19H20F2N2O4. The molecule has 2 aromatic rings. The van der Waals surface area contributed by atoms with Gasteiger partial charge in [-0.2, -0.15) is 8.78 Å². The zero-order valence-electron chi connectivity index (χ0n) is 15.1. The summed E-state index contributed by atoms with van der Waals surface area (Å²) < 4.78 is 39.0. The first-order chi connectivity index (χ1) is 13.0. The summed E-state index contributed by atoms with van der Waals surface area (Å²) in [7, 11) is 2.99. The SMILES string of the molecule is C/C=C(/NNC(=O)c1ccc(OC)c(OC)c1)c1ccc(OC(F)F)cc1. The Balaban J connectivity index is 2.04. The van der Waals surface area contributed by atoms with Crippen molar-refractivity contribution in [2.45, 2.75) is 13.5 Å². The lowest BCUT2D eigenvalue weighted by atomic mass is 10.1. The summed E-state index contributed by atoms with van der Waals surface area (Å²) in [6.45, 7) is -1.11. The first-order valence-corrected chi connectivity index (χ1v) is 7.98. The van der Waals surface area contributed by atoms with Gasteiger partial charge in [0, 0.05) is 5.56 Å². The number of carbonyl (C=O) groups is 1. The number of amides is 1. The van der Waals surface area contributed by atoms with Crippen molar-refractivity contribution in [3.05, 3.63) is 59.7 Å². The highest BCUT2D eigenvalue weighted by Crippen LogP contribution is 2.27. The Bertz CT molecular complexity index is 808. The number of benzene rings is 2. The molecular weight excluding hydrogens is 358 g/mol. The maximum absolute atomic E-state index is 12.3. The third-order valence-corrected chi connectivity index (χ3v) is 3.64. The van der Waals surface area contributed by atoms with E-state index in [2.05, 4.69) is 15.6 Å². The predicted octanol–water partition coefficient (Wildman–Crippen LogP) is 3.60. The number of alkyl halides is 2. The Hall–Kier alpha value is -3.29.